The highest BCUT2D eigenvalue weighted by Gasteiger charge is 2.06. The molecule has 2 rings (SSSR count). The van der Waals surface area contributed by atoms with Crippen LogP contribution in [-0.2, 0) is 6.54 Å². The molecule has 6 nitrogen and oxygen atoms in total. The number of amides is 1. The Morgan fingerprint density at radius 2 is 2.27 bits per heavy atom. The molecular weight excluding hydrogens is 194 g/mol. The molecule has 0 radical (unpaired) electrons. The first kappa shape index (κ1) is 9.32. The first-order valence-corrected chi connectivity index (χ1v) is 4.35. The number of primary amides is 1. The highest BCUT2D eigenvalue weighted by atomic mass is 16.1. The number of rotatable bonds is 3. The van der Waals surface area contributed by atoms with Crippen LogP contribution < -0.4 is 5.73 Å². The van der Waals surface area contributed by atoms with E-state index in [9.17, 15) is 4.79 Å². The number of pyridine rings is 1. The fourth-order valence-electron chi connectivity index (χ4n) is 1.14. The number of hydrogen-bond donors (Lipinski definition) is 1. The van der Waals surface area contributed by atoms with Crippen molar-refractivity contribution in [3.05, 3.63) is 42.2 Å². The van der Waals surface area contributed by atoms with Crippen molar-refractivity contribution in [2.75, 3.05) is 0 Å². The lowest BCUT2D eigenvalue weighted by Gasteiger charge is -1.98. The first-order valence-electron chi connectivity index (χ1n) is 4.35. The molecule has 0 unspecified atom stereocenters. The molecule has 0 saturated heterocycles. The third-order valence-corrected chi connectivity index (χ3v) is 1.81. The minimum atomic E-state index is -0.630. The van der Waals surface area contributed by atoms with Crippen molar-refractivity contribution in [1.29, 1.82) is 0 Å². The molecule has 0 spiro atoms. The van der Waals surface area contributed by atoms with Crippen LogP contribution in [0, 0.1) is 0 Å². The first-order chi connectivity index (χ1) is 7.25. The minimum absolute atomic E-state index is 0.0194. The van der Waals surface area contributed by atoms with E-state index in [0.29, 0.717) is 6.54 Å². The lowest BCUT2D eigenvalue weighted by atomic mass is 10.3. The van der Waals surface area contributed by atoms with E-state index in [1.165, 1.54) is 11.0 Å². The van der Waals surface area contributed by atoms with E-state index in [0.717, 1.165) is 5.69 Å². The largest absolute Gasteiger partial charge is 0.363 e. The predicted octanol–water partition coefficient (Wildman–Crippen LogP) is -0.180. The summed E-state index contributed by atoms with van der Waals surface area (Å²) in [6.45, 7) is 0.473. The topological polar surface area (TPSA) is 86.7 Å². The standard InChI is InChI=1S/C9H9N5O/c10-8(15)9-12-6-14(13-9)5-7-3-1-2-4-11-7/h1-4,6H,5H2,(H2,10,15). The molecule has 0 bridgehead atoms. The summed E-state index contributed by atoms with van der Waals surface area (Å²) in [6, 6.07) is 5.58. The molecular formula is C9H9N5O. The summed E-state index contributed by atoms with van der Waals surface area (Å²) < 4.78 is 1.52. The van der Waals surface area contributed by atoms with Gasteiger partial charge in [0.1, 0.15) is 6.33 Å². The van der Waals surface area contributed by atoms with Crippen molar-refractivity contribution in [3.8, 4) is 0 Å². The van der Waals surface area contributed by atoms with Crippen LogP contribution >= 0.6 is 0 Å². The van der Waals surface area contributed by atoms with Crippen molar-refractivity contribution < 1.29 is 4.79 Å². The maximum Gasteiger partial charge on any atom is 0.288 e. The molecule has 0 aromatic carbocycles. The average Bonchev–Trinajstić information content (AvgIpc) is 2.68. The molecule has 1 amide bonds. The number of carbonyl (C=O) groups excluding carboxylic acids is 1. The molecule has 0 aliphatic heterocycles. The maximum absolute atomic E-state index is 10.7. The lowest BCUT2D eigenvalue weighted by Crippen LogP contribution is -2.14. The summed E-state index contributed by atoms with van der Waals surface area (Å²) in [5.41, 5.74) is 5.87. The normalized spacial score (nSPS) is 10.1. The van der Waals surface area contributed by atoms with E-state index < -0.39 is 5.91 Å². The second-order valence-corrected chi connectivity index (χ2v) is 2.95. The van der Waals surface area contributed by atoms with Crippen LogP contribution in [0.3, 0.4) is 0 Å². The van der Waals surface area contributed by atoms with Gasteiger partial charge in [-0.3, -0.25) is 9.78 Å². The zero-order valence-corrected chi connectivity index (χ0v) is 7.87. The number of carbonyl (C=O) groups is 1. The van der Waals surface area contributed by atoms with Gasteiger partial charge in [0.05, 0.1) is 12.2 Å². The molecule has 0 atom stereocenters. The van der Waals surface area contributed by atoms with Crippen LogP contribution in [0.5, 0.6) is 0 Å². The van der Waals surface area contributed by atoms with Crippen molar-refractivity contribution in [2.45, 2.75) is 6.54 Å². The minimum Gasteiger partial charge on any atom is -0.363 e. The maximum atomic E-state index is 10.7. The van der Waals surface area contributed by atoms with E-state index >= 15 is 0 Å². The van der Waals surface area contributed by atoms with Gasteiger partial charge in [-0.1, -0.05) is 6.07 Å². The van der Waals surface area contributed by atoms with E-state index in [1.54, 1.807) is 6.20 Å². The van der Waals surface area contributed by atoms with Gasteiger partial charge in [-0.05, 0) is 12.1 Å². The molecule has 15 heavy (non-hydrogen) atoms. The van der Waals surface area contributed by atoms with E-state index in [1.807, 2.05) is 18.2 Å². The highest BCUT2D eigenvalue weighted by Crippen LogP contribution is 1.97. The summed E-state index contributed by atoms with van der Waals surface area (Å²) in [6.07, 6.45) is 3.15. The monoisotopic (exact) mass is 203 g/mol. The van der Waals surface area contributed by atoms with Crippen LogP contribution in [0.15, 0.2) is 30.7 Å². The van der Waals surface area contributed by atoms with Gasteiger partial charge in [0.25, 0.3) is 5.91 Å². The summed E-state index contributed by atoms with van der Waals surface area (Å²) in [7, 11) is 0. The predicted molar refractivity (Wildman–Crippen MR) is 51.9 cm³/mol. The molecule has 0 aliphatic rings. The molecule has 2 aromatic heterocycles. The third-order valence-electron chi connectivity index (χ3n) is 1.81. The third kappa shape index (κ3) is 2.16. The summed E-state index contributed by atoms with van der Waals surface area (Å²) in [5.74, 6) is -0.610. The Kier molecular flexibility index (Phi) is 2.40. The SMILES string of the molecule is NC(=O)c1ncn(Cc2ccccn2)n1. The molecule has 0 aliphatic carbocycles. The van der Waals surface area contributed by atoms with Gasteiger partial charge >= 0.3 is 0 Å². The van der Waals surface area contributed by atoms with Crippen LogP contribution in [0.25, 0.3) is 0 Å². The fraction of sp³-hybridized carbons (Fsp3) is 0.111. The number of aromatic nitrogens is 4. The molecule has 0 saturated carbocycles. The number of nitrogens with two attached hydrogens (primary N) is 1. The van der Waals surface area contributed by atoms with Crippen LogP contribution in [-0.4, -0.2) is 25.7 Å². The van der Waals surface area contributed by atoms with Crippen molar-refractivity contribution in [1.82, 2.24) is 19.7 Å². The van der Waals surface area contributed by atoms with Gasteiger partial charge in [0.2, 0.25) is 5.82 Å². The Balaban J connectivity index is 2.15. The summed E-state index contributed by atoms with van der Waals surface area (Å²) in [4.78, 5) is 18.6. The van der Waals surface area contributed by atoms with E-state index in [4.69, 9.17) is 5.73 Å². The second-order valence-electron chi connectivity index (χ2n) is 2.95. The van der Waals surface area contributed by atoms with Crippen LogP contribution in [0.4, 0.5) is 0 Å². The molecule has 2 heterocycles. The average molecular weight is 203 g/mol. The molecule has 0 fully saturated rings. The Hall–Kier alpha value is -2.24. The fourth-order valence-corrected chi connectivity index (χ4v) is 1.14. The van der Waals surface area contributed by atoms with Crippen molar-refractivity contribution >= 4 is 5.91 Å². The highest BCUT2D eigenvalue weighted by molar-refractivity contribution is 5.88. The molecule has 6 heteroatoms. The quantitative estimate of drug-likeness (QED) is 0.749. The molecule has 76 valence electrons. The van der Waals surface area contributed by atoms with E-state index in [2.05, 4.69) is 15.1 Å². The Bertz CT molecular complexity index is 464. The van der Waals surface area contributed by atoms with Gasteiger partial charge in [-0.25, -0.2) is 9.67 Å². The van der Waals surface area contributed by atoms with Gasteiger partial charge in [0, 0.05) is 6.20 Å². The summed E-state index contributed by atoms with van der Waals surface area (Å²) >= 11 is 0. The van der Waals surface area contributed by atoms with Gasteiger partial charge in [-0.15, -0.1) is 5.10 Å². The smallest absolute Gasteiger partial charge is 0.288 e. The zero-order chi connectivity index (χ0) is 10.7. The second kappa shape index (κ2) is 3.87. The Labute approximate surface area is 85.8 Å². The Morgan fingerprint density at radius 3 is 2.87 bits per heavy atom. The van der Waals surface area contributed by atoms with Crippen molar-refractivity contribution in [3.63, 3.8) is 0 Å². The van der Waals surface area contributed by atoms with Crippen LogP contribution in [0.2, 0.25) is 0 Å². The zero-order valence-electron chi connectivity index (χ0n) is 7.87. The molecule has 2 N–H and O–H groups in total. The van der Waals surface area contributed by atoms with Gasteiger partial charge in [-0.2, -0.15) is 0 Å². The van der Waals surface area contributed by atoms with Crippen LogP contribution in [0.1, 0.15) is 16.3 Å². The Morgan fingerprint density at radius 1 is 1.40 bits per heavy atom. The molecule has 2 aromatic rings. The van der Waals surface area contributed by atoms with Gasteiger partial charge < -0.3 is 5.73 Å². The van der Waals surface area contributed by atoms with Crippen molar-refractivity contribution in [2.24, 2.45) is 5.73 Å². The lowest BCUT2D eigenvalue weighted by molar-refractivity contribution is 0.0990. The summed E-state index contributed by atoms with van der Waals surface area (Å²) in [5, 5.41) is 3.90. The van der Waals surface area contributed by atoms with E-state index in [-0.39, 0.29) is 5.82 Å². The number of nitrogens with zero attached hydrogens (tertiary/aromatic N) is 4. The van der Waals surface area contributed by atoms with Gasteiger partial charge in [0.15, 0.2) is 0 Å². The number of hydrogen-bond acceptors (Lipinski definition) is 4.